The Morgan fingerprint density at radius 1 is 1.60 bits per heavy atom. The van der Waals surface area contributed by atoms with Crippen molar-refractivity contribution in [3.63, 3.8) is 0 Å². The first-order valence-corrected chi connectivity index (χ1v) is 4.51. The first-order valence-electron chi connectivity index (χ1n) is 3.28. The molecule has 0 aliphatic carbocycles. The summed E-state index contributed by atoms with van der Waals surface area (Å²) < 4.78 is 0. The molecule has 0 aromatic carbocycles. The molecule has 56 valence electrons. The molecule has 1 rings (SSSR count). The van der Waals surface area contributed by atoms with Crippen molar-refractivity contribution in [1.29, 1.82) is 0 Å². The average molecular weight is 156 g/mol. The quantitative estimate of drug-likeness (QED) is 0.646. The Labute approximate surface area is 65.2 Å². The highest BCUT2D eigenvalue weighted by Crippen LogP contribution is 2.12. The van der Waals surface area contributed by atoms with E-state index in [1.807, 2.05) is 0 Å². The fourth-order valence-electron chi connectivity index (χ4n) is 0.838. The fourth-order valence-corrected chi connectivity index (χ4v) is 1.28. The molecule has 0 fully saturated rings. The molecule has 0 radical (unpaired) electrons. The van der Waals surface area contributed by atoms with Crippen LogP contribution in [-0.2, 0) is 6.42 Å². The topological polar surface area (TPSA) is 41.8 Å². The second-order valence-corrected chi connectivity index (χ2v) is 2.94. The van der Waals surface area contributed by atoms with Gasteiger partial charge < -0.3 is 10.7 Å². The van der Waals surface area contributed by atoms with E-state index in [9.17, 15) is 0 Å². The van der Waals surface area contributed by atoms with Crippen molar-refractivity contribution in [3.05, 3.63) is 17.8 Å². The Balaban J connectivity index is 2.59. The van der Waals surface area contributed by atoms with Crippen LogP contribution in [0.5, 0.6) is 0 Å². The van der Waals surface area contributed by atoms with Crippen LogP contribution in [0.3, 0.4) is 0 Å². The van der Waals surface area contributed by atoms with Gasteiger partial charge in [0.25, 0.3) is 0 Å². The first kappa shape index (κ1) is 7.69. The Hall–Kier alpha value is -0.410. The number of thioether (sulfide) groups is 1. The van der Waals surface area contributed by atoms with Gasteiger partial charge in [0.1, 0.15) is 0 Å². The maximum Gasteiger partial charge on any atom is 0.0721 e. The van der Waals surface area contributed by atoms with Gasteiger partial charge in [0.05, 0.1) is 5.03 Å². The molecule has 0 saturated heterocycles. The molecule has 2 nitrogen and oxygen atoms in total. The number of aromatic amines is 1. The van der Waals surface area contributed by atoms with Crippen molar-refractivity contribution in [1.82, 2.24) is 4.98 Å². The minimum absolute atomic E-state index is 0.717. The van der Waals surface area contributed by atoms with Crippen LogP contribution in [0.1, 0.15) is 5.69 Å². The van der Waals surface area contributed by atoms with Crippen molar-refractivity contribution in [2.45, 2.75) is 11.4 Å². The van der Waals surface area contributed by atoms with Gasteiger partial charge in [0.2, 0.25) is 0 Å². The highest BCUT2D eigenvalue weighted by molar-refractivity contribution is 7.98. The van der Waals surface area contributed by atoms with Crippen molar-refractivity contribution in [2.75, 3.05) is 12.8 Å². The minimum atomic E-state index is 0.717. The molecule has 10 heavy (non-hydrogen) atoms. The van der Waals surface area contributed by atoms with E-state index in [1.165, 1.54) is 10.7 Å². The number of hydrogen-bond donors (Lipinski definition) is 2. The summed E-state index contributed by atoms with van der Waals surface area (Å²) in [4.78, 5) is 3.25. The lowest BCUT2D eigenvalue weighted by molar-refractivity contribution is 0.920. The van der Waals surface area contributed by atoms with Gasteiger partial charge in [0.15, 0.2) is 0 Å². The zero-order chi connectivity index (χ0) is 7.40. The molecule has 3 heteroatoms. The predicted molar refractivity (Wildman–Crippen MR) is 45.3 cm³/mol. The van der Waals surface area contributed by atoms with E-state index in [-0.39, 0.29) is 0 Å². The number of nitrogens with one attached hydrogen (secondary N) is 1. The van der Waals surface area contributed by atoms with E-state index in [0.717, 1.165) is 6.42 Å². The van der Waals surface area contributed by atoms with Crippen molar-refractivity contribution in [2.24, 2.45) is 5.73 Å². The molecule has 0 amide bonds. The Bertz CT molecular complexity index is 195. The van der Waals surface area contributed by atoms with E-state index >= 15 is 0 Å². The summed E-state index contributed by atoms with van der Waals surface area (Å²) in [5.74, 6) is 0. The maximum absolute atomic E-state index is 5.38. The van der Waals surface area contributed by atoms with Gasteiger partial charge in [-0.05, 0) is 31.4 Å². The molecule has 1 aromatic heterocycles. The Morgan fingerprint density at radius 3 is 2.90 bits per heavy atom. The van der Waals surface area contributed by atoms with Gasteiger partial charge in [-0.2, -0.15) is 0 Å². The molecular formula is C7H12N2S. The summed E-state index contributed by atoms with van der Waals surface area (Å²) in [7, 11) is 0. The second-order valence-electron chi connectivity index (χ2n) is 2.09. The average Bonchev–Trinajstić information content (AvgIpc) is 2.37. The molecule has 0 saturated carbocycles. The molecule has 0 bridgehead atoms. The van der Waals surface area contributed by atoms with Crippen LogP contribution in [0.4, 0.5) is 0 Å². The van der Waals surface area contributed by atoms with E-state index in [0.29, 0.717) is 6.54 Å². The summed E-state index contributed by atoms with van der Waals surface area (Å²) in [6, 6.07) is 4.16. The molecule has 1 heterocycles. The highest BCUT2D eigenvalue weighted by atomic mass is 32.2. The molecular weight excluding hydrogens is 144 g/mol. The van der Waals surface area contributed by atoms with Crippen LogP contribution in [0, 0.1) is 0 Å². The number of nitrogens with two attached hydrogens (primary N) is 1. The monoisotopic (exact) mass is 156 g/mol. The van der Waals surface area contributed by atoms with Crippen LogP contribution >= 0.6 is 11.8 Å². The summed E-state index contributed by atoms with van der Waals surface area (Å²) >= 11 is 1.72. The van der Waals surface area contributed by atoms with Gasteiger partial charge >= 0.3 is 0 Å². The zero-order valence-corrected chi connectivity index (χ0v) is 6.87. The summed E-state index contributed by atoms with van der Waals surface area (Å²) in [5.41, 5.74) is 6.61. The van der Waals surface area contributed by atoms with Crippen LogP contribution in [-0.4, -0.2) is 17.8 Å². The molecule has 0 atom stereocenters. The summed E-state index contributed by atoms with van der Waals surface area (Å²) in [6.45, 7) is 0.717. The standard InChI is InChI=1S/C7H12N2S/c1-10-7-3-2-6(9-7)4-5-8/h2-3,9H,4-5,8H2,1H3. The first-order chi connectivity index (χ1) is 4.86. The van der Waals surface area contributed by atoms with Crippen molar-refractivity contribution in [3.8, 4) is 0 Å². The Morgan fingerprint density at radius 2 is 2.40 bits per heavy atom. The lowest BCUT2D eigenvalue weighted by Crippen LogP contribution is -2.02. The third kappa shape index (κ3) is 1.78. The van der Waals surface area contributed by atoms with Gasteiger partial charge in [0, 0.05) is 5.69 Å². The van der Waals surface area contributed by atoms with Gasteiger partial charge in [-0.1, -0.05) is 0 Å². The molecule has 1 aromatic rings. The Kier molecular flexibility index (Phi) is 2.83. The maximum atomic E-state index is 5.38. The van der Waals surface area contributed by atoms with Crippen LogP contribution in [0.15, 0.2) is 17.2 Å². The number of H-pyrrole nitrogens is 1. The van der Waals surface area contributed by atoms with Gasteiger partial charge in [-0.25, -0.2) is 0 Å². The lowest BCUT2D eigenvalue weighted by Gasteiger charge is -1.91. The molecule has 0 unspecified atom stereocenters. The van der Waals surface area contributed by atoms with Crippen LogP contribution in [0.25, 0.3) is 0 Å². The summed E-state index contributed by atoms with van der Waals surface area (Å²) in [5, 5.41) is 1.21. The number of hydrogen-bond acceptors (Lipinski definition) is 2. The van der Waals surface area contributed by atoms with Crippen LogP contribution in [0.2, 0.25) is 0 Å². The van der Waals surface area contributed by atoms with E-state index in [4.69, 9.17) is 5.73 Å². The van der Waals surface area contributed by atoms with Gasteiger partial charge in [-0.3, -0.25) is 0 Å². The zero-order valence-electron chi connectivity index (χ0n) is 6.05. The SMILES string of the molecule is CSc1ccc(CCN)[nH]1. The fraction of sp³-hybridized carbons (Fsp3) is 0.429. The molecule has 0 aliphatic heterocycles. The van der Waals surface area contributed by atoms with Crippen molar-refractivity contribution >= 4 is 11.8 Å². The predicted octanol–water partition coefficient (Wildman–Crippen LogP) is 1.24. The van der Waals surface area contributed by atoms with Crippen LogP contribution < -0.4 is 5.73 Å². The van der Waals surface area contributed by atoms with Crippen molar-refractivity contribution < 1.29 is 0 Å². The largest absolute Gasteiger partial charge is 0.354 e. The smallest absolute Gasteiger partial charge is 0.0721 e. The van der Waals surface area contributed by atoms with Gasteiger partial charge in [-0.15, -0.1) is 11.8 Å². The van der Waals surface area contributed by atoms with E-state index in [2.05, 4.69) is 23.4 Å². The normalized spacial score (nSPS) is 10.2. The number of rotatable bonds is 3. The van der Waals surface area contributed by atoms with E-state index in [1.54, 1.807) is 11.8 Å². The lowest BCUT2D eigenvalue weighted by atomic mass is 10.3. The van der Waals surface area contributed by atoms with E-state index < -0.39 is 0 Å². The summed E-state index contributed by atoms with van der Waals surface area (Å²) in [6.07, 6.45) is 3.00. The molecule has 0 spiro atoms. The third-order valence-corrected chi connectivity index (χ3v) is 2.03. The third-order valence-electron chi connectivity index (χ3n) is 1.35. The highest BCUT2D eigenvalue weighted by Gasteiger charge is 1.94. The second kappa shape index (κ2) is 3.68. The minimum Gasteiger partial charge on any atom is -0.354 e. The molecule has 0 aliphatic rings. The number of aromatic nitrogens is 1. The molecule has 3 N–H and O–H groups in total.